The molecule has 0 spiro atoms. The third kappa shape index (κ3) is 5.97. The summed E-state index contributed by atoms with van der Waals surface area (Å²) < 4.78 is 36.3. The van der Waals surface area contributed by atoms with E-state index in [1.165, 1.54) is 11.9 Å². The van der Waals surface area contributed by atoms with E-state index in [4.69, 9.17) is 0 Å². The van der Waals surface area contributed by atoms with Crippen LogP contribution in [0.2, 0.25) is 0 Å². The SMILES string of the molecule is Cc1cccc(N(C)C[B-](F)(F)F)c1.[K+]. The molecule has 1 aromatic rings. The summed E-state index contributed by atoms with van der Waals surface area (Å²) >= 11 is 0. The molecule has 78 valence electrons. The van der Waals surface area contributed by atoms with Crippen molar-refractivity contribution >= 4 is 12.7 Å². The first-order chi connectivity index (χ1) is 6.38. The first kappa shape index (κ1) is 15.5. The molecule has 15 heavy (non-hydrogen) atoms. The maximum atomic E-state index is 12.1. The van der Waals surface area contributed by atoms with E-state index in [9.17, 15) is 12.9 Å². The number of halogens is 3. The van der Waals surface area contributed by atoms with Crippen LogP contribution in [0.5, 0.6) is 0 Å². The van der Waals surface area contributed by atoms with E-state index in [0.29, 0.717) is 5.69 Å². The third-order valence-corrected chi connectivity index (χ3v) is 1.92. The van der Waals surface area contributed by atoms with Crippen molar-refractivity contribution in [1.82, 2.24) is 0 Å². The van der Waals surface area contributed by atoms with Crippen LogP contribution in [0.1, 0.15) is 5.56 Å². The second-order valence-corrected chi connectivity index (χ2v) is 3.43. The van der Waals surface area contributed by atoms with Crippen LogP contribution in [0.15, 0.2) is 24.3 Å². The summed E-state index contributed by atoms with van der Waals surface area (Å²) in [5.41, 5.74) is 1.56. The number of aryl methyl sites for hydroxylation is 1. The van der Waals surface area contributed by atoms with E-state index in [2.05, 4.69) is 0 Å². The number of hydrogen-bond donors (Lipinski definition) is 0. The molecule has 0 fully saturated rings. The molecule has 1 aromatic carbocycles. The Hall–Kier alpha value is 0.511. The van der Waals surface area contributed by atoms with Crippen molar-refractivity contribution in [3.8, 4) is 0 Å². The zero-order valence-corrected chi connectivity index (χ0v) is 12.3. The summed E-state index contributed by atoms with van der Waals surface area (Å²) in [6, 6.07) is 7.03. The summed E-state index contributed by atoms with van der Waals surface area (Å²) in [7, 11) is 1.45. The van der Waals surface area contributed by atoms with Crippen molar-refractivity contribution < 1.29 is 64.3 Å². The Kier molecular flexibility index (Phi) is 6.51. The van der Waals surface area contributed by atoms with Crippen LogP contribution in [-0.2, 0) is 0 Å². The summed E-state index contributed by atoms with van der Waals surface area (Å²) in [6.45, 7) is -2.90. The monoisotopic (exact) mass is 241 g/mol. The molecule has 0 aliphatic rings. The minimum absolute atomic E-state index is 0. The van der Waals surface area contributed by atoms with Gasteiger partial charge in [0.15, 0.2) is 0 Å². The van der Waals surface area contributed by atoms with Gasteiger partial charge in [-0.1, -0.05) is 12.1 Å². The van der Waals surface area contributed by atoms with Gasteiger partial charge >= 0.3 is 58.4 Å². The van der Waals surface area contributed by atoms with Gasteiger partial charge in [-0.2, -0.15) is 0 Å². The van der Waals surface area contributed by atoms with Crippen LogP contribution in [0.4, 0.5) is 18.6 Å². The number of benzene rings is 1. The Bertz CT molecular complexity index is 316. The molecular formula is C9H12BF3KN. The minimum Gasteiger partial charge on any atom is -0.448 e. The van der Waals surface area contributed by atoms with E-state index < -0.39 is 13.4 Å². The molecule has 0 saturated carbocycles. The van der Waals surface area contributed by atoms with Gasteiger partial charge in [0.2, 0.25) is 0 Å². The Morgan fingerprint density at radius 3 is 2.33 bits per heavy atom. The van der Waals surface area contributed by atoms with Gasteiger partial charge in [0.1, 0.15) is 0 Å². The van der Waals surface area contributed by atoms with Gasteiger partial charge in [-0.05, 0) is 31.1 Å². The smallest absolute Gasteiger partial charge is 0.448 e. The van der Waals surface area contributed by atoms with E-state index in [1.807, 2.05) is 13.0 Å². The average Bonchev–Trinajstić information content (AvgIpc) is 2.01. The minimum atomic E-state index is -4.76. The van der Waals surface area contributed by atoms with Crippen LogP contribution in [-0.4, -0.2) is 20.5 Å². The maximum Gasteiger partial charge on any atom is 1.00 e. The Morgan fingerprint density at radius 1 is 1.27 bits per heavy atom. The Labute approximate surface area is 131 Å². The summed E-state index contributed by atoms with van der Waals surface area (Å²) in [5.74, 6) is 0. The fourth-order valence-corrected chi connectivity index (χ4v) is 1.28. The molecule has 0 unspecified atom stereocenters. The summed E-state index contributed by atoms with van der Waals surface area (Å²) in [4.78, 5) is 1.22. The van der Waals surface area contributed by atoms with Crippen molar-refractivity contribution in [3.63, 3.8) is 0 Å². The van der Waals surface area contributed by atoms with Crippen LogP contribution in [0.3, 0.4) is 0 Å². The fraction of sp³-hybridized carbons (Fsp3) is 0.333. The van der Waals surface area contributed by atoms with Crippen LogP contribution >= 0.6 is 0 Å². The zero-order valence-electron chi connectivity index (χ0n) is 9.17. The fourth-order valence-electron chi connectivity index (χ4n) is 1.28. The first-order valence-electron chi connectivity index (χ1n) is 4.37. The molecule has 1 nitrogen and oxygen atoms in total. The van der Waals surface area contributed by atoms with Gasteiger partial charge in [-0.25, -0.2) is 0 Å². The molecule has 0 heterocycles. The molecule has 0 radical (unpaired) electrons. The van der Waals surface area contributed by atoms with Gasteiger partial charge in [0.25, 0.3) is 0 Å². The summed E-state index contributed by atoms with van der Waals surface area (Å²) in [5, 5.41) is 0. The predicted octanol–water partition coefficient (Wildman–Crippen LogP) is -0.178. The quantitative estimate of drug-likeness (QED) is 0.664. The van der Waals surface area contributed by atoms with Gasteiger partial charge in [-0.3, -0.25) is 0 Å². The van der Waals surface area contributed by atoms with Crippen molar-refractivity contribution in [2.24, 2.45) is 0 Å². The molecule has 0 bridgehead atoms. The normalized spacial score (nSPS) is 10.7. The predicted molar refractivity (Wildman–Crippen MR) is 53.5 cm³/mol. The Morgan fingerprint density at radius 2 is 1.87 bits per heavy atom. The molecule has 0 aromatic heterocycles. The van der Waals surface area contributed by atoms with Crippen molar-refractivity contribution in [2.75, 3.05) is 18.4 Å². The second-order valence-electron chi connectivity index (χ2n) is 3.43. The molecule has 6 heteroatoms. The zero-order chi connectivity index (χ0) is 10.8. The van der Waals surface area contributed by atoms with E-state index in [1.54, 1.807) is 18.2 Å². The van der Waals surface area contributed by atoms with E-state index in [-0.39, 0.29) is 51.4 Å². The van der Waals surface area contributed by atoms with Crippen molar-refractivity contribution in [3.05, 3.63) is 29.8 Å². The maximum absolute atomic E-state index is 12.1. The van der Waals surface area contributed by atoms with E-state index >= 15 is 0 Å². The van der Waals surface area contributed by atoms with Gasteiger partial charge < -0.3 is 17.8 Å². The number of hydrogen-bond acceptors (Lipinski definition) is 1. The standard InChI is InChI=1S/C9H12BF3N.K/c1-8-4-3-5-9(6-8)14(2)7-10(11,12)13;/h3-6H,7H2,1-2H3;/q-1;+1. The number of rotatable bonds is 3. The van der Waals surface area contributed by atoms with Crippen LogP contribution < -0.4 is 56.3 Å². The van der Waals surface area contributed by atoms with Crippen LogP contribution in [0, 0.1) is 6.92 Å². The first-order valence-corrected chi connectivity index (χ1v) is 4.37. The molecule has 0 aliphatic carbocycles. The number of anilines is 1. The largest absolute Gasteiger partial charge is 1.00 e. The number of nitrogens with zero attached hydrogens (tertiary/aromatic N) is 1. The average molecular weight is 241 g/mol. The third-order valence-electron chi connectivity index (χ3n) is 1.92. The van der Waals surface area contributed by atoms with Crippen LogP contribution in [0.25, 0.3) is 0 Å². The molecular weight excluding hydrogens is 229 g/mol. The molecule has 1 rings (SSSR count). The van der Waals surface area contributed by atoms with Gasteiger partial charge in [-0.15, -0.1) is 0 Å². The van der Waals surface area contributed by atoms with Gasteiger partial charge in [0, 0.05) is 12.7 Å². The Balaban J connectivity index is 0.00000196. The topological polar surface area (TPSA) is 3.24 Å². The van der Waals surface area contributed by atoms with Crippen molar-refractivity contribution in [1.29, 1.82) is 0 Å². The molecule has 0 aliphatic heterocycles. The van der Waals surface area contributed by atoms with E-state index in [0.717, 1.165) is 5.56 Å². The molecule has 0 amide bonds. The van der Waals surface area contributed by atoms with Gasteiger partial charge in [0.05, 0.1) is 0 Å². The second kappa shape index (κ2) is 6.30. The molecule has 0 atom stereocenters. The van der Waals surface area contributed by atoms with Crippen molar-refractivity contribution in [2.45, 2.75) is 6.92 Å². The summed E-state index contributed by atoms with van der Waals surface area (Å²) in [6.07, 6.45) is -0.858. The molecule has 0 saturated heterocycles. The molecule has 0 N–H and O–H groups in total.